The van der Waals surface area contributed by atoms with Crippen molar-refractivity contribution in [2.75, 3.05) is 5.32 Å². The number of benzene rings is 2. The molecule has 2 aromatic carbocycles. The van der Waals surface area contributed by atoms with Gasteiger partial charge in [0.15, 0.2) is 0 Å². The van der Waals surface area contributed by atoms with Gasteiger partial charge in [0.25, 0.3) is 21.8 Å². The molecule has 0 aliphatic carbocycles. The van der Waals surface area contributed by atoms with Gasteiger partial charge in [0.1, 0.15) is 0 Å². The Bertz CT molecular complexity index is 1180. The van der Waals surface area contributed by atoms with Crippen molar-refractivity contribution in [1.82, 2.24) is 4.72 Å². The highest BCUT2D eigenvalue weighted by molar-refractivity contribution is 7.90. The Kier molecular flexibility index (Phi) is 7.07. The second-order valence-electron chi connectivity index (χ2n) is 6.68. The number of halogens is 7. The van der Waals surface area contributed by atoms with Crippen LogP contribution >= 0.6 is 11.6 Å². The number of hydrogen-bond acceptors (Lipinski definition) is 5. The third-order valence-corrected chi connectivity index (χ3v) is 5.84. The molecule has 0 aliphatic heterocycles. The van der Waals surface area contributed by atoms with Gasteiger partial charge in [-0.3, -0.25) is 9.59 Å². The number of carbonyl (C=O) groups is 2. The first kappa shape index (κ1) is 26.4. The van der Waals surface area contributed by atoms with Crippen molar-refractivity contribution in [2.45, 2.75) is 29.8 Å². The van der Waals surface area contributed by atoms with Gasteiger partial charge in [-0.05, 0) is 49.4 Å². The van der Waals surface area contributed by atoms with Crippen LogP contribution < -0.4 is 10.0 Å². The highest BCUT2D eigenvalue weighted by Crippen LogP contribution is 2.33. The Morgan fingerprint density at radius 1 is 0.970 bits per heavy atom. The fourth-order valence-corrected chi connectivity index (χ4v) is 3.48. The van der Waals surface area contributed by atoms with Crippen LogP contribution in [-0.2, 0) is 21.0 Å². The molecule has 0 bridgehead atoms. The summed E-state index contributed by atoms with van der Waals surface area (Å²) in [7, 11) is -4.61. The van der Waals surface area contributed by atoms with Crippen molar-refractivity contribution in [3.8, 4) is 0 Å². The van der Waals surface area contributed by atoms with Crippen molar-refractivity contribution in [3.63, 3.8) is 0 Å². The molecule has 0 aromatic heterocycles. The van der Waals surface area contributed by atoms with Gasteiger partial charge < -0.3 is 10.4 Å². The third kappa shape index (κ3) is 5.94. The topological polar surface area (TPSA) is 113 Å². The fourth-order valence-electron chi connectivity index (χ4n) is 2.19. The zero-order valence-corrected chi connectivity index (χ0v) is 17.7. The first-order valence-electron chi connectivity index (χ1n) is 8.51. The molecule has 0 heterocycles. The maximum Gasteiger partial charge on any atom is 0.426 e. The number of alkyl halides is 6. The molecule has 1 atom stereocenters. The van der Waals surface area contributed by atoms with E-state index >= 15 is 0 Å². The lowest BCUT2D eigenvalue weighted by atomic mass is 10.1. The van der Waals surface area contributed by atoms with Gasteiger partial charge >= 0.3 is 12.4 Å². The average Bonchev–Trinajstić information content (AvgIpc) is 2.67. The van der Waals surface area contributed by atoms with Crippen LogP contribution in [0.4, 0.5) is 32.0 Å². The number of rotatable bonds is 5. The largest absolute Gasteiger partial charge is 0.426 e. The van der Waals surface area contributed by atoms with E-state index in [2.05, 4.69) is 0 Å². The molecule has 7 nitrogen and oxygen atoms in total. The molecular weight excluding hydrogens is 506 g/mol. The molecule has 2 aromatic rings. The van der Waals surface area contributed by atoms with Gasteiger partial charge in [0.05, 0.1) is 21.2 Å². The van der Waals surface area contributed by atoms with Crippen molar-refractivity contribution < 1.29 is 49.5 Å². The number of hydrogen-bond donors (Lipinski definition) is 3. The van der Waals surface area contributed by atoms with Crippen molar-refractivity contribution in [2.24, 2.45) is 0 Å². The van der Waals surface area contributed by atoms with E-state index in [1.54, 1.807) is 10.0 Å². The first-order valence-corrected chi connectivity index (χ1v) is 10.4. The molecule has 0 fully saturated rings. The minimum atomic E-state index is -5.31. The van der Waals surface area contributed by atoms with E-state index in [4.69, 9.17) is 11.6 Å². The monoisotopic (exact) mass is 518 g/mol. The summed E-state index contributed by atoms with van der Waals surface area (Å²) >= 11 is 5.80. The Balaban J connectivity index is 2.21. The molecule has 0 spiro atoms. The summed E-state index contributed by atoms with van der Waals surface area (Å²) in [4.78, 5) is 23.2. The van der Waals surface area contributed by atoms with Gasteiger partial charge in [0, 0.05) is 5.56 Å². The summed E-state index contributed by atoms with van der Waals surface area (Å²) in [5.74, 6) is -3.15. The van der Waals surface area contributed by atoms with Gasteiger partial charge in [0.2, 0.25) is 5.60 Å². The van der Waals surface area contributed by atoms with Crippen molar-refractivity contribution in [1.29, 1.82) is 0 Å². The molecule has 33 heavy (non-hydrogen) atoms. The molecule has 0 saturated heterocycles. The number of aliphatic hydroxyl groups is 1. The predicted molar refractivity (Wildman–Crippen MR) is 103 cm³/mol. The molecule has 0 radical (unpaired) electrons. The van der Waals surface area contributed by atoms with Crippen LogP contribution in [0.15, 0.2) is 47.4 Å². The smallest absolute Gasteiger partial charge is 0.373 e. The zero-order chi connectivity index (χ0) is 25.4. The lowest BCUT2D eigenvalue weighted by molar-refractivity contribution is -0.242. The van der Waals surface area contributed by atoms with E-state index in [1.807, 2.05) is 0 Å². The second-order valence-corrected chi connectivity index (χ2v) is 8.77. The molecule has 2 amide bonds. The Morgan fingerprint density at radius 3 is 1.97 bits per heavy atom. The molecule has 0 saturated carbocycles. The predicted octanol–water partition coefficient (Wildman–Crippen LogP) is 3.73. The van der Waals surface area contributed by atoms with Gasteiger partial charge in [-0.1, -0.05) is 11.6 Å². The SMILES string of the molecule is CC(O)(C(=O)Nc1ccc(S(=O)(=O)NC(=O)c2ccc(C(F)(F)F)cc2)cc1Cl)C(F)(F)F. The summed E-state index contributed by atoms with van der Waals surface area (Å²) in [6, 6.07) is 4.95. The minimum Gasteiger partial charge on any atom is -0.373 e. The van der Waals surface area contributed by atoms with Crippen LogP contribution in [0.3, 0.4) is 0 Å². The normalized spacial score (nSPS) is 14.3. The van der Waals surface area contributed by atoms with Crippen molar-refractivity contribution in [3.05, 3.63) is 58.6 Å². The number of nitrogens with one attached hydrogen (secondary N) is 2. The number of carbonyl (C=O) groups excluding carboxylic acids is 2. The van der Waals surface area contributed by atoms with E-state index in [9.17, 15) is 49.5 Å². The number of amides is 2. The number of anilines is 1. The molecule has 2 rings (SSSR count). The quantitative estimate of drug-likeness (QED) is 0.522. The van der Waals surface area contributed by atoms with Crippen LogP contribution in [0.2, 0.25) is 5.02 Å². The molecule has 180 valence electrons. The van der Waals surface area contributed by atoms with Crippen molar-refractivity contribution >= 4 is 39.1 Å². The van der Waals surface area contributed by atoms with Crippen LogP contribution in [0.25, 0.3) is 0 Å². The maximum atomic E-state index is 12.7. The van der Waals surface area contributed by atoms with E-state index in [1.165, 1.54) is 0 Å². The average molecular weight is 519 g/mol. The van der Waals surface area contributed by atoms with Crippen LogP contribution in [0.5, 0.6) is 0 Å². The van der Waals surface area contributed by atoms with Crippen LogP contribution in [0, 0.1) is 0 Å². The molecule has 3 N–H and O–H groups in total. The van der Waals surface area contributed by atoms with E-state index in [0.717, 1.165) is 24.3 Å². The standard InChI is InChI=1S/C18H13ClF6N2O5S/c1-16(30,18(23,24)25)15(29)26-13-7-6-11(8-12(13)19)33(31,32)27-14(28)9-2-4-10(5-3-9)17(20,21)22/h2-8,30H,1H3,(H,26,29)(H,27,28). The summed E-state index contributed by atoms with van der Waals surface area (Å²) in [6.07, 6.45) is -9.97. The summed E-state index contributed by atoms with van der Waals surface area (Å²) in [6.45, 7) is 0.200. The second kappa shape index (κ2) is 8.83. The van der Waals surface area contributed by atoms with Gasteiger partial charge in [-0.2, -0.15) is 26.3 Å². The Morgan fingerprint density at radius 2 is 1.52 bits per heavy atom. The Labute approximate surface area is 187 Å². The zero-order valence-electron chi connectivity index (χ0n) is 16.2. The van der Waals surface area contributed by atoms with Gasteiger partial charge in [-0.25, -0.2) is 13.1 Å². The van der Waals surface area contributed by atoms with Crippen LogP contribution in [0.1, 0.15) is 22.8 Å². The third-order valence-electron chi connectivity index (χ3n) is 4.19. The molecule has 1 unspecified atom stereocenters. The lowest BCUT2D eigenvalue weighted by Gasteiger charge is -2.25. The summed E-state index contributed by atoms with van der Waals surface area (Å²) in [5.41, 5.74) is -5.71. The van der Waals surface area contributed by atoms with E-state index in [-0.39, 0.29) is 6.92 Å². The Hall–Kier alpha value is -2.84. The minimum absolute atomic E-state index is 0.200. The van der Waals surface area contributed by atoms with E-state index < -0.39 is 66.5 Å². The molecular formula is C18H13ClF6N2O5S. The lowest BCUT2D eigenvalue weighted by Crippen LogP contribution is -2.52. The molecule has 0 aliphatic rings. The van der Waals surface area contributed by atoms with Gasteiger partial charge in [-0.15, -0.1) is 0 Å². The highest BCUT2D eigenvalue weighted by Gasteiger charge is 2.55. The van der Waals surface area contributed by atoms with Crippen LogP contribution in [-0.4, -0.2) is 37.1 Å². The fraction of sp³-hybridized carbons (Fsp3) is 0.222. The maximum absolute atomic E-state index is 12.7. The highest BCUT2D eigenvalue weighted by atomic mass is 35.5. The molecule has 15 heteroatoms. The van der Waals surface area contributed by atoms with E-state index in [0.29, 0.717) is 18.2 Å². The first-order chi connectivity index (χ1) is 14.9. The summed E-state index contributed by atoms with van der Waals surface area (Å²) < 4.78 is 102. The number of sulfonamides is 1. The summed E-state index contributed by atoms with van der Waals surface area (Å²) in [5, 5.41) is 10.5.